The standard InChI is InChI=1S/C23H20N2O3/c1-2-16-9-11-18(12-10-16)25-23-20(14-17-6-3-4-8-21(17)28-23)22(26)24-15-19-7-5-13-27-19/h3-14H,2,15H2,1H3,(H,24,26). The van der Waals surface area contributed by atoms with E-state index in [4.69, 9.17) is 8.83 Å². The quantitative estimate of drug-likeness (QED) is 0.550. The Hall–Kier alpha value is -3.60. The number of nitrogens with zero attached hydrogens (tertiary/aromatic N) is 1. The van der Waals surface area contributed by atoms with Crippen molar-refractivity contribution < 1.29 is 13.6 Å². The average molecular weight is 372 g/mol. The summed E-state index contributed by atoms with van der Waals surface area (Å²) in [5, 5.41) is 3.70. The third kappa shape index (κ3) is 3.88. The van der Waals surface area contributed by atoms with Crippen molar-refractivity contribution in [2.45, 2.75) is 19.9 Å². The number of rotatable bonds is 5. The molecule has 0 aliphatic heterocycles. The van der Waals surface area contributed by atoms with E-state index in [9.17, 15) is 4.79 Å². The molecular weight excluding hydrogens is 352 g/mol. The fourth-order valence-corrected chi connectivity index (χ4v) is 2.91. The second-order valence-corrected chi connectivity index (χ2v) is 6.40. The summed E-state index contributed by atoms with van der Waals surface area (Å²) in [5.41, 5.74) is 3.29. The summed E-state index contributed by atoms with van der Waals surface area (Å²) < 4.78 is 11.2. The molecule has 0 aliphatic rings. The average Bonchev–Trinajstić information content (AvgIpc) is 3.26. The van der Waals surface area contributed by atoms with Gasteiger partial charge in [0.15, 0.2) is 0 Å². The van der Waals surface area contributed by atoms with Crippen LogP contribution in [0, 0.1) is 0 Å². The maximum atomic E-state index is 12.8. The first kappa shape index (κ1) is 17.8. The molecule has 5 nitrogen and oxygen atoms in total. The molecule has 0 saturated carbocycles. The Balaban J connectivity index is 1.75. The Bertz CT molecular complexity index is 1160. The number of furan rings is 1. The van der Waals surface area contributed by atoms with Crippen LogP contribution in [-0.4, -0.2) is 5.91 Å². The van der Waals surface area contributed by atoms with Gasteiger partial charge in [0.2, 0.25) is 5.55 Å². The van der Waals surface area contributed by atoms with E-state index in [1.165, 1.54) is 5.56 Å². The molecule has 28 heavy (non-hydrogen) atoms. The van der Waals surface area contributed by atoms with Gasteiger partial charge in [0.05, 0.1) is 18.5 Å². The molecule has 0 atom stereocenters. The largest absolute Gasteiger partial charge is 0.467 e. The van der Waals surface area contributed by atoms with Crippen molar-refractivity contribution in [2.24, 2.45) is 4.99 Å². The molecule has 4 rings (SSSR count). The molecule has 2 heterocycles. The zero-order valence-electron chi connectivity index (χ0n) is 15.5. The van der Waals surface area contributed by atoms with Crippen LogP contribution in [0.15, 0.2) is 86.8 Å². The molecule has 1 amide bonds. The maximum absolute atomic E-state index is 12.8. The van der Waals surface area contributed by atoms with Crippen molar-refractivity contribution in [3.8, 4) is 0 Å². The number of fused-ring (bicyclic) bond motifs is 1. The van der Waals surface area contributed by atoms with Gasteiger partial charge in [-0.2, -0.15) is 0 Å². The second-order valence-electron chi connectivity index (χ2n) is 6.40. The highest BCUT2D eigenvalue weighted by molar-refractivity contribution is 5.96. The minimum Gasteiger partial charge on any atom is -0.467 e. The Labute approximate surface area is 162 Å². The molecule has 0 unspecified atom stereocenters. The number of hydrogen-bond acceptors (Lipinski definition) is 4. The van der Waals surface area contributed by atoms with Gasteiger partial charge in [0, 0.05) is 5.39 Å². The summed E-state index contributed by atoms with van der Waals surface area (Å²) in [4.78, 5) is 17.4. The highest BCUT2D eigenvalue weighted by atomic mass is 16.3. The molecule has 140 valence electrons. The van der Waals surface area contributed by atoms with Crippen LogP contribution in [0.25, 0.3) is 11.0 Å². The van der Waals surface area contributed by atoms with Crippen molar-refractivity contribution in [1.29, 1.82) is 0 Å². The first-order valence-electron chi connectivity index (χ1n) is 9.20. The molecule has 0 bridgehead atoms. The van der Waals surface area contributed by atoms with E-state index in [2.05, 4.69) is 17.2 Å². The summed E-state index contributed by atoms with van der Waals surface area (Å²) >= 11 is 0. The number of amides is 1. The third-order valence-electron chi connectivity index (χ3n) is 4.48. The summed E-state index contributed by atoms with van der Waals surface area (Å²) in [6.45, 7) is 2.40. The number of carbonyl (C=O) groups is 1. The van der Waals surface area contributed by atoms with Gasteiger partial charge in [0.1, 0.15) is 16.9 Å². The lowest BCUT2D eigenvalue weighted by molar-refractivity contribution is 0.0944. The lowest BCUT2D eigenvalue weighted by atomic mass is 10.1. The Morgan fingerprint density at radius 2 is 1.86 bits per heavy atom. The number of nitrogens with one attached hydrogen (secondary N) is 1. The highest BCUT2D eigenvalue weighted by Gasteiger charge is 2.13. The van der Waals surface area contributed by atoms with Crippen LogP contribution in [-0.2, 0) is 13.0 Å². The number of benzene rings is 2. The Kier molecular flexibility index (Phi) is 5.06. The molecule has 5 heteroatoms. The van der Waals surface area contributed by atoms with Crippen LogP contribution in [0.1, 0.15) is 28.6 Å². The lowest BCUT2D eigenvalue weighted by Gasteiger charge is -2.06. The van der Waals surface area contributed by atoms with Crippen LogP contribution in [0.4, 0.5) is 5.69 Å². The van der Waals surface area contributed by atoms with E-state index in [0.717, 1.165) is 17.5 Å². The molecule has 0 saturated heterocycles. The van der Waals surface area contributed by atoms with E-state index in [1.54, 1.807) is 18.4 Å². The predicted octanol–water partition coefficient (Wildman–Crippen LogP) is 4.75. The van der Waals surface area contributed by atoms with Crippen LogP contribution < -0.4 is 10.9 Å². The molecular formula is C23H20N2O3. The molecule has 0 aliphatic carbocycles. The molecule has 0 spiro atoms. The van der Waals surface area contributed by atoms with E-state index >= 15 is 0 Å². The zero-order valence-corrected chi connectivity index (χ0v) is 15.5. The number of aryl methyl sites for hydroxylation is 1. The van der Waals surface area contributed by atoms with E-state index in [1.807, 2.05) is 54.6 Å². The zero-order chi connectivity index (χ0) is 19.3. The van der Waals surface area contributed by atoms with Crippen LogP contribution in [0.5, 0.6) is 0 Å². The van der Waals surface area contributed by atoms with Crippen molar-refractivity contribution >= 4 is 22.6 Å². The minimum atomic E-state index is -0.269. The van der Waals surface area contributed by atoms with E-state index in [0.29, 0.717) is 23.5 Å². The van der Waals surface area contributed by atoms with Crippen LogP contribution in [0.3, 0.4) is 0 Å². The van der Waals surface area contributed by atoms with Gasteiger partial charge in [-0.15, -0.1) is 0 Å². The molecule has 2 aromatic carbocycles. The fraction of sp³-hybridized carbons (Fsp3) is 0.130. The normalized spacial score (nSPS) is 11.7. The number of hydrogen-bond donors (Lipinski definition) is 1. The Morgan fingerprint density at radius 1 is 1.04 bits per heavy atom. The SMILES string of the molecule is CCc1ccc(N=c2oc3ccccc3cc2C(=O)NCc2ccco2)cc1. The molecule has 4 aromatic rings. The van der Waals surface area contributed by atoms with Gasteiger partial charge >= 0.3 is 0 Å². The number of para-hydroxylation sites is 1. The Morgan fingerprint density at radius 3 is 2.61 bits per heavy atom. The smallest absolute Gasteiger partial charge is 0.257 e. The highest BCUT2D eigenvalue weighted by Crippen LogP contribution is 2.16. The maximum Gasteiger partial charge on any atom is 0.257 e. The lowest BCUT2D eigenvalue weighted by Crippen LogP contribution is -2.28. The van der Waals surface area contributed by atoms with Crippen LogP contribution in [0.2, 0.25) is 0 Å². The predicted molar refractivity (Wildman–Crippen MR) is 107 cm³/mol. The minimum absolute atomic E-state index is 0.269. The van der Waals surface area contributed by atoms with Crippen molar-refractivity contribution in [1.82, 2.24) is 5.32 Å². The topological polar surface area (TPSA) is 67.7 Å². The fourth-order valence-electron chi connectivity index (χ4n) is 2.91. The monoisotopic (exact) mass is 372 g/mol. The molecule has 0 fully saturated rings. The van der Waals surface area contributed by atoms with Crippen molar-refractivity contribution in [3.05, 3.63) is 95.4 Å². The number of carbonyl (C=O) groups excluding carboxylic acids is 1. The second kappa shape index (κ2) is 7.96. The first-order valence-corrected chi connectivity index (χ1v) is 9.20. The molecule has 1 N–H and O–H groups in total. The first-order chi connectivity index (χ1) is 13.7. The summed E-state index contributed by atoms with van der Waals surface area (Å²) in [7, 11) is 0. The van der Waals surface area contributed by atoms with Crippen molar-refractivity contribution in [3.63, 3.8) is 0 Å². The van der Waals surface area contributed by atoms with Gasteiger partial charge in [-0.05, 0) is 48.4 Å². The van der Waals surface area contributed by atoms with Gasteiger partial charge in [-0.1, -0.05) is 37.3 Å². The van der Waals surface area contributed by atoms with Gasteiger partial charge in [-0.25, -0.2) is 4.99 Å². The summed E-state index contributed by atoms with van der Waals surface area (Å²) in [6, 6.07) is 20.9. The van der Waals surface area contributed by atoms with Crippen molar-refractivity contribution in [2.75, 3.05) is 0 Å². The van der Waals surface area contributed by atoms with Gasteiger partial charge in [-0.3, -0.25) is 4.79 Å². The molecule has 0 radical (unpaired) electrons. The summed E-state index contributed by atoms with van der Waals surface area (Å²) in [5.74, 6) is 0.412. The van der Waals surface area contributed by atoms with E-state index in [-0.39, 0.29) is 11.5 Å². The third-order valence-corrected chi connectivity index (χ3v) is 4.48. The van der Waals surface area contributed by atoms with Gasteiger partial charge < -0.3 is 14.2 Å². The molecule has 2 aromatic heterocycles. The van der Waals surface area contributed by atoms with E-state index < -0.39 is 0 Å². The van der Waals surface area contributed by atoms with Crippen LogP contribution >= 0.6 is 0 Å². The summed E-state index contributed by atoms with van der Waals surface area (Å²) in [6.07, 6.45) is 2.54. The van der Waals surface area contributed by atoms with Gasteiger partial charge in [0.25, 0.3) is 5.91 Å².